The number of hydrogen-bond donors (Lipinski definition) is 2. The van der Waals surface area contributed by atoms with Gasteiger partial charge in [0, 0.05) is 19.3 Å². The summed E-state index contributed by atoms with van der Waals surface area (Å²) in [5.74, 6) is 0.0453. The summed E-state index contributed by atoms with van der Waals surface area (Å²) in [6, 6.07) is 6.90. The molecule has 2 aromatic rings. The monoisotopic (exact) mass is 307 g/mol. The average Bonchev–Trinajstić information content (AvgIpc) is 2.88. The van der Waals surface area contributed by atoms with E-state index in [1.807, 2.05) is 19.2 Å². The molecule has 0 aliphatic rings. The smallest absolute Gasteiger partial charge is 0.335 e. The van der Waals surface area contributed by atoms with Crippen molar-refractivity contribution in [2.45, 2.75) is 18.1 Å². The number of thioether (sulfide) groups is 1. The maximum Gasteiger partial charge on any atom is 0.335 e. The molecule has 0 fully saturated rings. The molecule has 7 nitrogen and oxygen atoms in total. The summed E-state index contributed by atoms with van der Waals surface area (Å²) in [6.07, 6.45) is 1.00. The van der Waals surface area contributed by atoms with E-state index >= 15 is 0 Å². The first-order valence-corrected chi connectivity index (χ1v) is 7.53. The lowest BCUT2D eigenvalue weighted by Crippen LogP contribution is -2.15. The van der Waals surface area contributed by atoms with Crippen molar-refractivity contribution >= 4 is 17.7 Å². The van der Waals surface area contributed by atoms with E-state index in [0.29, 0.717) is 5.56 Å². The quantitative estimate of drug-likeness (QED) is 0.559. The molecule has 0 unspecified atom stereocenters. The summed E-state index contributed by atoms with van der Waals surface area (Å²) < 4.78 is 1.65. The first kappa shape index (κ1) is 15.5. The van der Waals surface area contributed by atoms with Crippen LogP contribution in [-0.4, -0.2) is 43.6 Å². The molecule has 0 saturated carbocycles. The minimum Gasteiger partial charge on any atom is -0.478 e. The number of carboxylic acids is 1. The number of hydrogen-bond acceptors (Lipinski definition) is 6. The molecule has 0 bridgehead atoms. The predicted octanol–water partition coefficient (Wildman–Crippen LogP) is 1.18. The van der Waals surface area contributed by atoms with Gasteiger partial charge in [0.05, 0.1) is 5.56 Å². The molecular formula is C13H17N5O2S. The molecule has 0 spiro atoms. The maximum atomic E-state index is 10.7. The Bertz CT molecular complexity index is 585. The summed E-state index contributed by atoms with van der Waals surface area (Å²) >= 11 is 1.63. The third kappa shape index (κ3) is 4.83. The van der Waals surface area contributed by atoms with Gasteiger partial charge in [-0.1, -0.05) is 23.9 Å². The number of aromatic nitrogens is 4. The second-order valence-corrected chi connectivity index (χ2v) is 5.53. The maximum absolute atomic E-state index is 10.7. The summed E-state index contributed by atoms with van der Waals surface area (Å²) in [7, 11) is 1.82. The van der Waals surface area contributed by atoms with E-state index in [-0.39, 0.29) is 0 Å². The van der Waals surface area contributed by atoms with Crippen molar-refractivity contribution in [3.63, 3.8) is 0 Å². The fourth-order valence-electron chi connectivity index (χ4n) is 1.70. The number of nitrogens with zero attached hydrogens (tertiary/aromatic N) is 4. The van der Waals surface area contributed by atoms with Crippen molar-refractivity contribution in [2.75, 3.05) is 12.3 Å². The molecular weight excluding hydrogens is 290 g/mol. The Hall–Kier alpha value is -1.93. The lowest BCUT2D eigenvalue weighted by Gasteiger charge is -2.05. The van der Waals surface area contributed by atoms with Crippen molar-refractivity contribution in [1.82, 2.24) is 25.5 Å². The highest BCUT2D eigenvalue weighted by Gasteiger charge is 2.03. The first-order valence-electron chi connectivity index (χ1n) is 6.55. The van der Waals surface area contributed by atoms with Crippen molar-refractivity contribution in [1.29, 1.82) is 0 Å². The highest BCUT2D eigenvalue weighted by atomic mass is 32.2. The van der Waals surface area contributed by atoms with Crippen LogP contribution in [0, 0.1) is 0 Å². The van der Waals surface area contributed by atoms with Gasteiger partial charge in [0.1, 0.15) is 0 Å². The van der Waals surface area contributed by atoms with E-state index in [9.17, 15) is 4.79 Å². The summed E-state index contributed by atoms with van der Waals surface area (Å²) in [6.45, 7) is 1.62. The molecule has 0 aliphatic heterocycles. The summed E-state index contributed by atoms with van der Waals surface area (Å²) in [4.78, 5) is 10.7. The Morgan fingerprint density at radius 2 is 2.14 bits per heavy atom. The van der Waals surface area contributed by atoms with Gasteiger partial charge in [-0.15, -0.1) is 5.10 Å². The highest BCUT2D eigenvalue weighted by molar-refractivity contribution is 7.99. The van der Waals surface area contributed by atoms with Gasteiger partial charge in [-0.3, -0.25) is 0 Å². The Morgan fingerprint density at radius 1 is 1.38 bits per heavy atom. The molecule has 0 aliphatic carbocycles. The molecule has 1 heterocycles. The minimum absolute atomic E-state index is 0.312. The zero-order valence-electron chi connectivity index (χ0n) is 11.7. The number of carboxylic acid groups (broad SMARTS) is 1. The Kier molecular flexibility index (Phi) is 5.70. The van der Waals surface area contributed by atoms with E-state index in [1.165, 1.54) is 0 Å². The SMILES string of the molecule is Cn1nnnc1SCCCNCc1ccc(C(=O)O)cc1. The molecule has 21 heavy (non-hydrogen) atoms. The molecule has 0 amide bonds. The zero-order chi connectivity index (χ0) is 15.1. The Balaban J connectivity index is 1.61. The molecule has 8 heteroatoms. The molecule has 2 N–H and O–H groups in total. The molecule has 0 saturated heterocycles. The van der Waals surface area contributed by atoms with Crippen LogP contribution in [0.4, 0.5) is 0 Å². The largest absolute Gasteiger partial charge is 0.478 e. The van der Waals surface area contributed by atoms with Crippen molar-refractivity contribution in [3.05, 3.63) is 35.4 Å². The topological polar surface area (TPSA) is 92.9 Å². The van der Waals surface area contributed by atoms with E-state index in [4.69, 9.17) is 5.11 Å². The number of nitrogens with one attached hydrogen (secondary N) is 1. The van der Waals surface area contributed by atoms with E-state index in [1.54, 1.807) is 28.6 Å². The van der Waals surface area contributed by atoms with Gasteiger partial charge >= 0.3 is 5.97 Å². The van der Waals surface area contributed by atoms with Crippen molar-refractivity contribution < 1.29 is 9.90 Å². The van der Waals surface area contributed by atoms with Gasteiger partial charge in [0.25, 0.3) is 0 Å². The van der Waals surface area contributed by atoms with Gasteiger partial charge < -0.3 is 10.4 Å². The van der Waals surface area contributed by atoms with Crippen LogP contribution < -0.4 is 5.32 Å². The minimum atomic E-state index is -0.898. The molecule has 1 aromatic heterocycles. The van der Waals surface area contributed by atoms with Crippen LogP contribution in [0.2, 0.25) is 0 Å². The summed E-state index contributed by atoms with van der Waals surface area (Å²) in [5, 5.41) is 24.2. The van der Waals surface area contributed by atoms with Gasteiger partial charge in [-0.25, -0.2) is 9.48 Å². The fraction of sp³-hybridized carbons (Fsp3) is 0.385. The number of aryl methyl sites for hydroxylation is 1. The van der Waals surface area contributed by atoms with Crippen molar-refractivity contribution in [2.24, 2.45) is 7.05 Å². The van der Waals surface area contributed by atoms with Crippen LogP contribution in [0.25, 0.3) is 0 Å². The predicted molar refractivity (Wildman–Crippen MR) is 79.2 cm³/mol. The van der Waals surface area contributed by atoms with Gasteiger partial charge in [-0.2, -0.15) is 0 Å². The van der Waals surface area contributed by atoms with E-state index < -0.39 is 5.97 Å². The Labute approximate surface area is 126 Å². The van der Waals surface area contributed by atoms with Crippen LogP contribution >= 0.6 is 11.8 Å². The van der Waals surface area contributed by atoms with Crippen molar-refractivity contribution in [3.8, 4) is 0 Å². The summed E-state index contributed by atoms with van der Waals surface area (Å²) in [5.41, 5.74) is 1.39. The second kappa shape index (κ2) is 7.75. The third-order valence-electron chi connectivity index (χ3n) is 2.84. The molecule has 0 atom stereocenters. The number of tetrazole rings is 1. The number of benzene rings is 1. The lowest BCUT2D eigenvalue weighted by molar-refractivity contribution is 0.0697. The third-order valence-corrected chi connectivity index (χ3v) is 3.94. The van der Waals surface area contributed by atoms with Crippen LogP contribution in [-0.2, 0) is 13.6 Å². The van der Waals surface area contributed by atoms with Crippen LogP contribution in [0.1, 0.15) is 22.3 Å². The van der Waals surface area contributed by atoms with E-state index in [0.717, 1.165) is 36.0 Å². The van der Waals surface area contributed by atoms with Crippen LogP contribution in [0.15, 0.2) is 29.4 Å². The standard InChI is InChI=1S/C13H17N5O2S/c1-18-13(15-16-17-18)21-8-2-7-14-9-10-3-5-11(6-4-10)12(19)20/h3-6,14H,2,7-9H2,1H3,(H,19,20). The number of aromatic carboxylic acids is 1. The molecule has 112 valence electrons. The van der Waals surface area contributed by atoms with Gasteiger partial charge in [0.2, 0.25) is 5.16 Å². The lowest BCUT2D eigenvalue weighted by atomic mass is 10.1. The fourth-order valence-corrected chi connectivity index (χ4v) is 2.49. The van der Waals surface area contributed by atoms with E-state index in [2.05, 4.69) is 20.8 Å². The second-order valence-electron chi connectivity index (χ2n) is 4.47. The first-order chi connectivity index (χ1) is 10.2. The number of carbonyl (C=O) groups is 1. The molecule has 0 radical (unpaired) electrons. The average molecular weight is 307 g/mol. The van der Waals surface area contributed by atoms with Crippen LogP contribution in [0.3, 0.4) is 0 Å². The highest BCUT2D eigenvalue weighted by Crippen LogP contribution is 2.12. The van der Waals surface area contributed by atoms with Gasteiger partial charge in [0.15, 0.2) is 0 Å². The Morgan fingerprint density at radius 3 is 2.76 bits per heavy atom. The normalized spacial score (nSPS) is 10.7. The molecule has 2 rings (SSSR count). The number of rotatable bonds is 8. The van der Waals surface area contributed by atoms with Crippen LogP contribution in [0.5, 0.6) is 0 Å². The van der Waals surface area contributed by atoms with Gasteiger partial charge in [-0.05, 0) is 41.1 Å². The molecule has 1 aromatic carbocycles. The zero-order valence-corrected chi connectivity index (χ0v) is 12.5.